The Morgan fingerprint density at radius 3 is 2.83 bits per heavy atom. The van der Waals surface area contributed by atoms with E-state index in [-0.39, 0.29) is 18.7 Å². The number of aromatic nitrogens is 1. The van der Waals surface area contributed by atoms with E-state index in [1.165, 1.54) is 12.3 Å². The minimum Gasteiger partial charge on any atom is -0.445 e. The molecule has 0 atom stereocenters. The van der Waals surface area contributed by atoms with Gasteiger partial charge in [0.25, 0.3) is 0 Å². The molecule has 1 amide bonds. The van der Waals surface area contributed by atoms with Gasteiger partial charge in [-0.05, 0) is 17.2 Å². The predicted octanol–water partition coefficient (Wildman–Crippen LogP) is 2.97. The van der Waals surface area contributed by atoms with E-state index >= 15 is 0 Å². The summed E-state index contributed by atoms with van der Waals surface area (Å²) in [6.07, 6.45) is 4.43. The van der Waals surface area contributed by atoms with E-state index in [0.717, 1.165) is 5.56 Å². The van der Waals surface area contributed by atoms with Gasteiger partial charge in [0.15, 0.2) is 6.29 Å². The van der Waals surface area contributed by atoms with E-state index < -0.39 is 12.0 Å². The zero-order chi connectivity index (χ0) is 16.5. The van der Waals surface area contributed by atoms with Crippen molar-refractivity contribution < 1.29 is 18.7 Å². The first-order chi connectivity index (χ1) is 11.2. The highest BCUT2D eigenvalue weighted by Crippen LogP contribution is 2.06. The molecule has 1 aromatic carbocycles. The van der Waals surface area contributed by atoms with Crippen LogP contribution < -0.4 is 5.32 Å². The van der Waals surface area contributed by atoms with Crippen molar-refractivity contribution in [3.05, 3.63) is 71.3 Å². The molecule has 0 bridgehead atoms. The molecule has 6 heteroatoms. The number of pyridine rings is 1. The molecule has 1 heterocycles. The normalized spacial score (nSPS) is 10.5. The van der Waals surface area contributed by atoms with Crippen molar-refractivity contribution in [1.29, 1.82) is 0 Å². The van der Waals surface area contributed by atoms with Crippen LogP contribution in [0.15, 0.2) is 48.7 Å². The molecule has 0 saturated carbocycles. The van der Waals surface area contributed by atoms with E-state index in [0.29, 0.717) is 11.8 Å². The lowest BCUT2D eigenvalue weighted by Gasteiger charge is -2.05. The van der Waals surface area contributed by atoms with Gasteiger partial charge < -0.3 is 10.1 Å². The molecular weight excluding hydrogens is 299 g/mol. The summed E-state index contributed by atoms with van der Waals surface area (Å²) in [4.78, 5) is 25.6. The predicted molar refractivity (Wildman–Crippen MR) is 83.2 cm³/mol. The van der Waals surface area contributed by atoms with Crippen LogP contribution >= 0.6 is 0 Å². The molecule has 1 aromatic heterocycles. The number of benzene rings is 1. The number of rotatable bonds is 6. The van der Waals surface area contributed by atoms with Gasteiger partial charge in [-0.25, -0.2) is 9.78 Å². The second-order valence-corrected chi connectivity index (χ2v) is 4.61. The number of carbonyl (C=O) groups is 2. The highest BCUT2D eigenvalue weighted by Gasteiger charge is 2.02. The molecule has 0 unspecified atom stereocenters. The molecule has 0 aliphatic heterocycles. The molecule has 1 N–H and O–H groups in total. The fourth-order valence-electron chi connectivity index (χ4n) is 1.77. The maximum absolute atomic E-state index is 13.0. The van der Waals surface area contributed by atoms with Crippen LogP contribution in [0.4, 0.5) is 9.18 Å². The van der Waals surface area contributed by atoms with Crippen molar-refractivity contribution in [2.24, 2.45) is 0 Å². The lowest BCUT2D eigenvalue weighted by atomic mass is 10.2. The van der Waals surface area contributed by atoms with Gasteiger partial charge in [0.05, 0.1) is 5.56 Å². The van der Waals surface area contributed by atoms with Gasteiger partial charge in [0.1, 0.15) is 6.61 Å². The molecule has 0 spiro atoms. The number of alkyl carbamates (subject to hydrolysis) is 1. The van der Waals surface area contributed by atoms with Crippen LogP contribution in [0.3, 0.4) is 0 Å². The smallest absolute Gasteiger partial charge is 0.407 e. The van der Waals surface area contributed by atoms with Crippen LogP contribution in [0.2, 0.25) is 0 Å². The molecule has 2 aromatic rings. The fourth-order valence-corrected chi connectivity index (χ4v) is 1.77. The van der Waals surface area contributed by atoms with Gasteiger partial charge in [0, 0.05) is 12.7 Å². The first-order valence-electron chi connectivity index (χ1n) is 6.91. The van der Waals surface area contributed by atoms with Crippen LogP contribution in [0, 0.1) is 5.95 Å². The van der Waals surface area contributed by atoms with Crippen molar-refractivity contribution in [3.8, 4) is 0 Å². The third-order valence-electron chi connectivity index (χ3n) is 2.90. The largest absolute Gasteiger partial charge is 0.445 e. The molecule has 0 aliphatic carbocycles. The standard InChI is InChI=1S/C17H15FN2O3/c18-16-15(11-21)9-14(10-20-16)7-4-8-19-17(22)23-12-13-5-2-1-3-6-13/h1-7,9-11H,8,12H2,(H,19,22). The number of halogens is 1. The van der Waals surface area contributed by atoms with Crippen molar-refractivity contribution >= 4 is 18.5 Å². The van der Waals surface area contributed by atoms with E-state index in [1.807, 2.05) is 30.3 Å². The summed E-state index contributed by atoms with van der Waals surface area (Å²) in [6.45, 7) is 0.433. The van der Waals surface area contributed by atoms with Gasteiger partial charge in [-0.1, -0.05) is 42.5 Å². The average molecular weight is 314 g/mol. The number of aldehydes is 1. The molecule has 0 radical (unpaired) electrons. The number of hydrogen-bond acceptors (Lipinski definition) is 4. The molecule has 23 heavy (non-hydrogen) atoms. The molecule has 118 valence electrons. The number of nitrogens with one attached hydrogen (secondary N) is 1. The van der Waals surface area contributed by atoms with E-state index in [2.05, 4.69) is 10.3 Å². The van der Waals surface area contributed by atoms with Crippen molar-refractivity contribution in [2.45, 2.75) is 6.61 Å². The zero-order valence-electron chi connectivity index (χ0n) is 12.2. The fraction of sp³-hybridized carbons (Fsp3) is 0.118. The van der Waals surface area contributed by atoms with Crippen LogP contribution in [0.25, 0.3) is 6.08 Å². The Hall–Kier alpha value is -3.02. The Morgan fingerprint density at radius 1 is 1.30 bits per heavy atom. The van der Waals surface area contributed by atoms with Crippen molar-refractivity contribution in [3.63, 3.8) is 0 Å². The summed E-state index contributed by atoms with van der Waals surface area (Å²) in [5.41, 5.74) is 1.35. The summed E-state index contributed by atoms with van der Waals surface area (Å²) in [7, 11) is 0. The maximum atomic E-state index is 13.0. The summed E-state index contributed by atoms with van der Waals surface area (Å²) in [6, 6.07) is 10.7. The summed E-state index contributed by atoms with van der Waals surface area (Å²) < 4.78 is 18.1. The summed E-state index contributed by atoms with van der Waals surface area (Å²) in [5.74, 6) is -0.806. The SMILES string of the molecule is O=Cc1cc(C=CCNC(=O)OCc2ccccc2)cnc1F. The second kappa shape index (κ2) is 8.43. The molecule has 2 rings (SSSR count). The lowest BCUT2D eigenvalue weighted by molar-refractivity contribution is 0.111. The number of hydrogen-bond donors (Lipinski definition) is 1. The van der Waals surface area contributed by atoms with Crippen molar-refractivity contribution in [2.75, 3.05) is 6.54 Å². The van der Waals surface area contributed by atoms with Crippen LogP contribution in [0.1, 0.15) is 21.5 Å². The highest BCUT2D eigenvalue weighted by atomic mass is 19.1. The quantitative estimate of drug-likeness (QED) is 0.657. The van der Waals surface area contributed by atoms with E-state index in [9.17, 15) is 14.0 Å². The minimum atomic E-state index is -0.806. The summed E-state index contributed by atoms with van der Waals surface area (Å²) >= 11 is 0. The van der Waals surface area contributed by atoms with Crippen LogP contribution in [-0.4, -0.2) is 23.9 Å². The minimum absolute atomic E-state index is 0.109. The highest BCUT2D eigenvalue weighted by molar-refractivity contribution is 5.76. The topological polar surface area (TPSA) is 68.3 Å². The Balaban J connectivity index is 1.75. The summed E-state index contributed by atoms with van der Waals surface area (Å²) in [5, 5.41) is 2.55. The zero-order valence-corrected chi connectivity index (χ0v) is 12.2. The monoisotopic (exact) mass is 314 g/mol. The van der Waals surface area contributed by atoms with Gasteiger partial charge in [-0.15, -0.1) is 0 Å². The Morgan fingerprint density at radius 2 is 2.09 bits per heavy atom. The van der Waals surface area contributed by atoms with Gasteiger partial charge in [0.2, 0.25) is 5.95 Å². The van der Waals surface area contributed by atoms with E-state index in [4.69, 9.17) is 4.74 Å². The number of carbonyl (C=O) groups excluding carboxylic acids is 2. The van der Waals surface area contributed by atoms with Crippen LogP contribution in [-0.2, 0) is 11.3 Å². The second-order valence-electron chi connectivity index (χ2n) is 4.61. The molecule has 5 nitrogen and oxygen atoms in total. The lowest BCUT2D eigenvalue weighted by Crippen LogP contribution is -2.24. The Bertz CT molecular complexity index is 702. The molecule has 0 fully saturated rings. The average Bonchev–Trinajstić information content (AvgIpc) is 2.59. The number of amides is 1. The first kappa shape index (κ1) is 16.4. The van der Waals surface area contributed by atoms with E-state index in [1.54, 1.807) is 12.2 Å². The number of ether oxygens (including phenoxy) is 1. The first-order valence-corrected chi connectivity index (χ1v) is 6.91. The molecule has 0 saturated heterocycles. The van der Waals surface area contributed by atoms with Gasteiger partial charge in [-0.2, -0.15) is 4.39 Å². The van der Waals surface area contributed by atoms with Crippen LogP contribution in [0.5, 0.6) is 0 Å². The van der Waals surface area contributed by atoms with Gasteiger partial charge >= 0.3 is 6.09 Å². The van der Waals surface area contributed by atoms with Gasteiger partial charge in [-0.3, -0.25) is 4.79 Å². The third-order valence-corrected chi connectivity index (χ3v) is 2.90. The van der Waals surface area contributed by atoms with Crippen molar-refractivity contribution in [1.82, 2.24) is 10.3 Å². The molecule has 0 aliphatic rings. The Labute approximate surface area is 132 Å². The Kier molecular flexibility index (Phi) is 5.99. The molecular formula is C17H15FN2O3. The third kappa shape index (κ3) is 5.35. The number of nitrogens with zero attached hydrogens (tertiary/aromatic N) is 1. The maximum Gasteiger partial charge on any atom is 0.407 e.